The van der Waals surface area contributed by atoms with E-state index < -0.39 is 18.5 Å². The van der Waals surface area contributed by atoms with Crippen molar-refractivity contribution < 1.29 is 14.3 Å². The van der Waals surface area contributed by atoms with Gasteiger partial charge in [-0.2, -0.15) is 5.26 Å². The Labute approximate surface area is 185 Å². The number of fused-ring (bicyclic) bond motifs is 1. The highest BCUT2D eigenvalue weighted by Gasteiger charge is 2.23. The van der Waals surface area contributed by atoms with Gasteiger partial charge in [-0.15, -0.1) is 11.3 Å². The lowest BCUT2D eigenvalue weighted by Crippen LogP contribution is -2.21. The lowest BCUT2D eigenvalue weighted by atomic mass is 10.1. The molecule has 0 aromatic carbocycles. The number of ether oxygens (including phenoxy) is 1. The van der Waals surface area contributed by atoms with E-state index in [2.05, 4.69) is 16.4 Å². The van der Waals surface area contributed by atoms with E-state index in [1.54, 1.807) is 0 Å². The Hall–Kier alpha value is -2.05. The number of pyridine rings is 1. The number of rotatable bonds is 4. The van der Waals surface area contributed by atoms with Gasteiger partial charge in [0.15, 0.2) is 17.5 Å². The molecule has 0 saturated carbocycles. The van der Waals surface area contributed by atoms with Crippen molar-refractivity contribution in [2.45, 2.75) is 32.1 Å². The average molecular weight is 474 g/mol. The predicted octanol–water partition coefficient (Wildman–Crippen LogP) is 4.62. The maximum Gasteiger partial charge on any atom is 0.359 e. The first-order chi connectivity index (χ1) is 13.8. The van der Waals surface area contributed by atoms with Crippen LogP contribution in [0.4, 0.5) is 10.7 Å². The van der Waals surface area contributed by atoms with Crippen LogP contribution in [0, 0.1) is 11.3 Å². The van der Waals surface area contributed by atoms with Gasteiger partial charge in [-0.25, -0.2) is 9.78 Å². The van der Waals surface area contributed by atoms with E-state index in [0.717, 1.165) is 42.5 Å². The van der Waals surface area contributed by atoms with Gasteiger partial charge in [0.1, 0.15) is 16.1 Å². The smallest absolute Gasteiger partial charge is 0.359 e. The van der Waals surface area contributed by atoms with Crippen LogP contribution in [0.3, 0.4) is 0 Å². The third-order valence-electron chi connectivity index (χ3n) is 4.39. The number of nitrogen functional groups attached to an aromatic ring is 1. The summed E-state index contributed by atoms with van der Waals surface area (Å²) < 4.78 is 4.95. The van der Waals surface area contributed by atoms with Crippen LogP contribution < -0.4 is 11.1 Å². The van der Waals surface area contributed by atoms with Crippen LogP contribution in [0.5, 0.6) is 0 Å². The fraction of sp³-hybridized carbons (Fsp3) is 0.333. The molecule has 3 N–H and O–H groups in total. The van der Waals surface area contributed by atoms with Crippen LogP contribution in [0.1, 0.15) is 45.8 Å². The van der Waals surface area contributed by atoms with Crippen LogP contribution in [0.2, 0.25) is 15.2 Å². The molecule has 2 aromatic heterocycles. The topological polar surface area (TPSA) is 118 Å². The summed E-state index contributed by atoms with van der Waals surface area (Å²) in [6, 6.07) is 2.17. The molecule has 3 rings (SSSR count). The van der Waals surface area contributed by atoms with Crippen molar-refractivity contribution in [3.8, 4) is 6.07 Å². The van der Waals surface area contributed by atoms with Gasteiger partial charge >= 0.3 is 5.97 Å². The van der Waals surface area contributed by atoms with E-state index in [0.29, 0.717) is 10.6 Å². The van der Waals surface area contributed by atoms with Gasteiger partial charge in [-0.3, -0.25) is 4.79 Å². The van der Waals surface area contributed by atoms with Gasteiger partial charge in [0, 0.05) is 4.88 Å². The van der Waals surface area contributed by atoms with Crippen molar-refractivity contribution in [3.63, 3.8) is 0 Å². The molecule has 0 spiro atoms. The van der Waals surface area contributed by atoms with Gasteiger partial charge < -0.3 is 15.8 Å². The number of nitrogens with zero attached hydrogens (tertiary/aromatic N) is 2. The van der Waals surface area contributed by atoms with Crippen molar-refractivity contribution in [2.75, 3.05) is 17.7 Å². The molecule has 1 aliphatic rings. The minimum atomic E-state index is -0.974. The number of nitrogens with two attached hydrogens (primary N) is 1. The maximum atomic E-state index is 12.3. The SMILES string of the molecule is N#Cc1c(NC(=O)COC(=O)c2nc(Cl)c(Cl)c(N)c2Cl)sc2c1CCCCC2. The number of esters is 1. The number of nitrogens with one attached hydrogen (secondary N) is 1. The molecule has 0 aliphatic heterocycles. The number of hydrogen-bond acceptors (Lipinski definition) is 7. The van der Waals surface area contributed by atoms with E-state index >= 15 is 0 Å². The zero-order valence-corrected chi connectivity index (χ0v) is 18.1. The van der Waals surface area contributed by atoms with Crippen LogP contribution >= 0.6 is 46.1 Å². The molecule has 0 atom stereocenters. The zero-order chi connectivity index (χ0) is 21.1. The minimum Gasteiger partial charge on any atom is -0.451 e. The van der Waals surface area contributed by atoms with Crippen LogP contribution in [-0.4, -0.2) is 23.5 Å². The molecule has 29 heavy (non-hydrogen) atoms. The van der Waals surface area contributed by atoms with Crippen molar-refractivity contribution in [1.82, 2.24) is 4.98 Å². The summed E-state index contributed by atoms with van der Waals surface area (Å²) in [5, 5.41) is 12.1. The van der Waals surface area contributed by atoms with Crippen LogP contribution in [0.15, 0.2) is 0 Å². The number of carbonyl (C=O) groups is 2. The number of amides is 1. The molecule has 0 unspecified atom stereocenters. The normalized spacial score (nSPS) is 13.2. The van der Waals surface area contributed by atoms with Crippen molar-refractivity contribution in [2.24, 2.45) is 0 Å². The molecule has 11 heteroatoms. The molecule has 2 aromatic rings. The first kappa shape index (κ1) is 21.7. The highest BCUT2D eigenvalue weighted by molar-refractivity contribution is 7.16. The number of aromatic nitrogens is 1. The summed E-state index contributed by atoms with van der Waals surface area (Å²) in [5.74, 6) is -1.56. The van der Waals surface area contributed by atoms with Gasteiger partial charge in [0.05, 0.1) is 16.3 Å². The van der Waals surface area contributed by atoms with Crippen molar-refractivity contribution in [3.05, 3.63) is 36.9 Å². The molecular formula is C18H15Cl3N4O3S. The third kappa shape index (κ3) is 4.59. The molecule has 1 aliphatic carbocycles. The monoisotopic (exact) mass is 472 g/mol. The highest BCUT2D eigenvalue weighted by atomic mass is 35.5. The molecule has 0 bridgehead atoms. The Balaban J connectivity index is 1.68. The Bertz CT molecular complexity index is 1030. The standard InChI is InChI=1S/C18H15Cl3N4O3S/c19-12-14(23)13(20)16(21)25-15(12)18(27)28-7-11(26)24-17-9(6-22)8-4-2-1-3-5-10(8)29-17/h1-5,7H2,(H2,23,25)(H,24,26). The van der Waals surface area contributed by atoms with Gasteiger partial charge in [0.25, 0.3) is 5.91 Å². The summed E-state index contributed by atoms with van der Waals surface area (Å²) in [7, 11) is 0. The zero-order valence-electron chi connectivity index (χ0n) is 15.0. The van der Waals surface area contributed by atoms with E-state index in [1.165, 1.54) is 11.3 Å². The molecule has 152 valence electrons. The highest BCUT2D eigenvalue weighted by Crippen LogP contribution is 2.37. The predicted molar refractivity (Wildman–Crippen MR) is 113 cm³/mol. The number of anilines is 2. The summed E-state index contributed by atoms with van der Waals surface area (Å²) in [6.07, 6.45) is 4.92. The lowest BCUT2D eigenvalue weighted by Gasteiger charge is -2.09. The Morgan fingerprint density at radius 2 is 1.93 bits per heavy atom. The number of aryl methyl sites for hydroxylation is 1. The molecule has 0 radical (unpaired) electrons. The Morgan fingerprint density at radius 1 is 1.21 bits per heavy atom. The van der Waals surface area contributed by atoms with Crippen molar-refractivity contribution >= 4 is 68.7 Å². The maximum absolute atomic E-state index is 12.3. The van der Waals surface area contributed by atoms with Gasteiger partial charge in [-0.05, 0) is 31.2 Å². The Kier molecular flexibility index (Phi) is 6.85. The van der Waals surface area contributed by atoms with Gasteiger partial charge in [0.2, 0.25) is 0 Å². The van der Waals surface area contributed by atoms with E-state index in [4.69, 9.17) is 45.3 Å². The second kappa shape index (κ2) is 9.18. The first-order valence-corrected chi connectivity index (χ1v) is 10.6. The van der Waals surface area contributed by atoms with Gasteiger partial charge in [-0.1, -0.05) is 41.2 Å². The summed E-state index contributed by atoms with van der Waals surface area (Å²) in [5.41, 5.74) is 6.70. The van der Waals surface area contributed by atoms with Crippen LogP contribution in [-0.2, 0) is 22.4 Å². The minimum absolute atomic E-state index is 0.0764. The second-order valence-corrected chi connectivity index (χ2v) is 8.52. The lowest BCUT2D eigenvalue weighted by molar-refractivity contribution is -0.119. The molecular weight excluding hydrogens is 459 g/mol. The Morgan fingerprint density at radius 3 is 2.66 bits per heavy atom. The van der Waals surface area contributed by atoms with Crippen LogP contribution in [0.25, 0.3) is 0 Å². The fourth-order valence-corrected chi connectivity index (χ4v) is 4.82. The number of hydrogen-bond donors (Lipinski definition) is 2. The van der Waals surface area contributed by atoms with E-state index in [9.17, 15) is 14.9 Å². The molecule has 0 saturated heterocycles. The van der Waals surface area contributed by atoms with E-state index in [1.807, 2.05) is 0 Å². The quantitative estimate of drug-likeness (QED) is 0.380. The fourth-order valence-electron chi connectivity index (χ4n) is 2.98. The second-order valence-electron chi connectivity index (χ2n) is 6.30. The van der Waals surface area contributed by atoms with Crippen molar-refractivity contribution in [1.29, 1.82) is 5.26 Å². The number of thiophene rings is 1. The number of nitriles is 1. The summed E-state index contributed by atoms with van der Waals surface area (Å²) >= 11 is 19.0. The largest absolute Gasteiger partial charge is 0.451 e. The third-order valence-corrected chi connectivity index (χ3v) is 6.73. The summed E-state index contributed by atoms with van der Waals surface area (Å²) in [6.45, 7) is -0.593. The number of halogens is 3. The average Bonchev–Trinajstić information content (AvgIpc) is 2.86. The first-order valence-electron chi connectivity index (χ1n) is 8.65. The van der Waals surface area contributed by atoms with E-state index in [-0.39, 0.29) is 26.6 Å². The number of carbonyl (C=O) groups excluding carboxylic acids is 2. The molecule has 2 heterocycles. The molecule has 7 nitrogen and oxygen atoms in total. The molecule has 0 fully saturated rings. The summed E-state index contributed by atoms with van der Waals surface area (Å²) in [4.78, 5) is 29.3. The molecule has 1 amide bonds.